The van der Waals surface area contributed by atoms with E-state index in [4.69, 9.17) is 5.73 Å². The summed E-state index contributed by atoms with van der Waals surface area (Å²) in [5.74, 6) is -0.371. The number of hydrogen-bond donors (Lipinski definition) is 4. The van der Waals surface area contributed by atoms with Gasteiger partial charge in [0.05, 0.1) is 11.4 Å². The Morgan fingerprint density at radius 1 is 1.03 bits per heavy atom. The lowest BCUT2D eigenvalue weighted by molar-refractivity contribution is 0.0981. The molecule has 4 heterocycles. The molecule has 2 saturated heterocycles. The quantitative estimate of drug-likeness (QED) is 0.344. The van der Waals surface area contributed by atoms with Crippen LogP contribution in [-0.4, -0.2) is 94.3 Å². The predicted molar refractivity (Wildman–Crippen MR) is 149 cm³/mol. The number of piperidine rings is 1. The molecule has 1 aliphatic carbocycles. The average Bonchev–Trinajstić information content (AvgIpc) is 3.58. The number of likely N-dealkylation sites (N-methyl/N-ethyl adjacent to an activating group) is 1. The zero-order valence-electron chi connectivity index (χ0n) is 22.2. The Morgan fingerprint density at radius 3 is 2.44 bits per heavy atom. The summed E-state index contributed by atoms with van der Waals surface area (Å²) in [4.78, 5) is 28.6. The molecular weight excluding hydrogens is 499 g/mol. The van der Waals surface area contributed by atoms with Gasteiger partial charge in [-0.1, -0.05) is 0 Å². The lowest BCUT2D eigenvalue weighted by atomic mass is 10.0. The van der Waals surface area contributed by atoms with E-state index in [1.54, 1.807) is 24.4 Å². The number of nitrogens with two attached hydrogens (primary N) is 1. The number of piperazine rings is 1. The van der Waals surface area contributed by atoms with Crippen LogP contribution in [0.1, 0.15) is 36.2 Å². The Bertz CT molecular complexity index is 1310. The second kappa shape index (κ2) is 10.8. The topological polar surface area (TPSA) is 131 Å². The maximum absolute atomic E-state index is 15.4. The number of hydrogen-bond acceptors (Lipinski definition) is 9. The van der Waals surface area contributed by atoms with E-state index < -0.39 is 5.91 Å². The molecule has 0 spiro atoms. The number of carbonyl (C=O) groups excluding carboxylic acids is 1. The number of aromatic amines is 1. The molecule has 1 saturated carbocycles. The van der Waals surface area contributed by atoms with Crippen molar-refractivity contribution in [3.05, 3.63) is 42.0 Å². The molecule has 3 aliphatic rings. The maximum Gasteiger partial charge on any atom is 0.271 e. The van der Waals surface area contributed by atoms with Crippen LogP contribution in [0.5, 0.6) is 0 Å². The highest BCUT2D eigenvalue weighted by atomic mass is 19.1. The Balaban J connectivity index is 1.18. The van der Waals surface area contributed by atoms with Crippen LogP contribution in [0, 0.1) is 5.82 Å². The molecule has 1 aromatic carbocycles. The van der Waals surface area contributed by atoms with Crippen molar-refractivity contribution < 1.29 is 9.18 Å². The van der Waals surface area contributed by atoms with Crippen LogP contribution in [-0.2, 0) is 0 Å². The second-order valence-corrected chi connectivity index (χ2v) is 10.7. The Hall–Kier alpha value is -3.77. The molecule has 11 nitrogen and oxygen atoms in total. The predicted octanol–water partition coefficient (Wildman–Crippen LogP) is 2.64. The summed E-state index contributed by atoms with van der Waals surface area (Å²) in [6.07, 6.45) is 5.72. The zero-order valence-corrected chi connectivity index (χ0v) is 22.2. The number of nitrogens with one attached hydrogen (secondary N) is 3. The zero-order chi connectivity index (χ0) is 26.9. The van der Waals surface area contributed by atoms with Gasteiger partial charge < -0.3 is 26.2 Å². The van der Waals surface area contributed by atoms with Crippen molar-refractivity contribution in [1.29, 1.82) is 0 Å². The van der Waals surface area contributed by atoms with Gasteiger partial charge in [0.15, 0.2) is 17.3 Å². The normalized spacial score (nSPS) is 19.3. The molecule has 3 aromatic rings. The fourth-order valence-corrected chi connectivity index (χ4v) is 5.43. The molecule has 3 fully saturated rings. The lowest BCUT2D eigenvalue weighted by Gasteiger charge is -2.42. The largest absolute Gasteiger partial charge is 0.369 e. The average molecular weight is 535 g/mol. The summed E-state index contributed by atoms with van der Waals surface area (Å²) in [6.45, 7) is 6.07. The minimum atomic E-state index is -0.732. The number of carbonyl (C=O) groups is 1. The molecule has 6 rings (SSSR count). The number of aromatic nitrogens is 4. The van der Waals surface area contributed by atoms with Crippen molar-refractivity contribution in [3.8, 4) is 11.4 Å². The summed E-state index contributed by atoms with van der Waals surface area (Å²) >= 11 is 0. The van der Waals surface area contributed by atoms with Gasteiger partial charge in [-0.2, -0.15) is 5.10 Å². The van der Waals surface area contributed by atoms with E-state index >= 15 is 4.39 Å². The van der Waals surface area contributed by atoms with Gasteiger partial charge in [-0.15, -0.1) is 0 Å². The van der Waals surface area contributed by atoms with Crippen LogP contribution in [0.15, 0.2) is 30.5 Å². The smallest absolute Gasteiger partial charge is 0.271 e. The first-order chi connectivity index (χ1) is 18.9. The molecule has 12 heteroatoms. The van der Waals surface area contributed by atoms with E-state index in [0.29, 0.717) is 40.7 Å². The van der Waals surface area contributed by atoms with E-state index in [-0.39, 0.29) is 17.3 Å². The monoisotopic (exact) mass is 534 g/mol. The minimum Gasteiger partial charge on any atom is -0.369 e. The SMILES string of the molecule is CN1CCN(C2CCN(c3ccc(Nc4nc(NC5CC5)c(-c5ccn[nH]5)nc4C(N)=O)cc3F)CC2)CC1. The third kappa shape index (κ3) is 5.66. The van der Waals surface area contributed by atoms with Crippen molar-refractivity contribution in [2.24, 2.45) is 5.73 Å². The molecule has 39 heavy (non-hydrogen) atoms. The lowest BCUT2D eigenvalue weighted by Crippen LogP contribution is -2.52. The molecular formula is C27H35FN10O. The van der Waals surface area contributed by atoms with Gasteiger partial charge in [0.25, 0.3) is 5.91 Å². The number of rotatable bonds is 8. The highest BCUT2D eigenvalue weighted by Gasteiger charge is 2.29. The number of amides is 1. The fraction of sp³-hybridized carbons (Fsp3) is 0.481. The summed E-state index contributed by atoms with van der Waals surface area (Å²) in [5.41, 5.74) is 7.76. The highest BCUT2D eigenvalue weighted by molar-refractivity contribution is 5.97. The van der Waals surface area contributed by atoms with Crippen molar-refractivity contribution in [1.82, 2.24) is 30.0 Å². The molecule has 2 aromatic heterocycles. The third-order valence-electron chi connectivity index (χ3n) is 7.87. The maximum atomic E-state index is 15.4. The van der Waals surface area contributed by atoms with Crippen molar-refractivity contribution in [2.75, 3.05) is 61.8 Å². The number of benzene rings is 1. The number of anilines is 4. The first-order valence-corrected chi connectivity index (χ1v) is 13.7. The third-order valence-corrected chi connectivity index (χ3v) is 7.87. The molecule has 5 N–H and O–H groups in total. The van der Waals surface area contributed by atoms with Gasteiger partial charge in [0.1, 0.15) is 11.5 Å². The van der Waals surface area contributed by atoms with Gasteiger partial charge in [-0.25, -0.2) is 14.4 Å². The van der Waals surface area contributed by atoms with E-state index in [1.807, 2.05) is 0 Å². The Labute approximate surface area is 227 Å². The van der Waals surface area contributed by atoms with Crippen LogP contribution in [0.25, 0.3) is 11.4 Å². The Morgan fingerprint density at radius 2 is 1.79 bits per heavy atom. The molecule has 2 aliphatic heterocycles. The van der Waals surface area contributed by atoms with Gasteiger partial charge >= 0.3 is 0 Å². The first-order valence-electron chi connectivity index (χ1n) is 13.7. The van der Waals surface area contributed by atoms with Crippen molar-refractivity contribution >= 4 is 28.9 Å². The second-order valence-electron chi connectivity index (χ2n) is 10.7. The van der Waals surface area contributed by atoms with Crippen molar-refractivity contribution in [2.45, 2.75) is 37.8 Å². The van der Waals surface area contributed by atoms with Gasteiger partial charge in [0, 0.05) is 63.2 Å². The van der Waals surface area contributed by atoms with Crippen LogP contribution in [0.3, 0.4) is 0 Å². The number of primary amides is 1. The van der Waals surface area contributed by atoms with Crippen LogP contribution >= 0.6 is 0 Å². The molecule has 0 atom stereocenters. The number of halogens is 1. The summed E-state index contributed by atoms with van der Waals surface area (Å²) in [6, 6.07) is 7.63. The van der Waals surface area contributed by atoms with Gasteiger partial charge in [0.2, 0.25) is 0 Å². The van der Waals surface area contributed by atoms with Crippen LogP contribution < -0.4 is 21.3 Å². The standard InChI is InChI=1S/C27H35FN10O/c1-36-12-14-37(15-13-36)19-7-10-38(11-8-19)22-5-4-18(16-20(22)28)32-27-24(25(29)39)33-23(21-6-9-30-35-21)26(34-27)31-17-2-3-17/h4-6,9,16-17,19H,2-3,7-8,10-15H2,1H3,(H2,29,39)(H,30,35)(H2,31,32,34). The first kappa shape index (κ1) is 25.5. The van der Waals surface area contributed by atoms with E-state index in [2.05, 4.69) is 52.5 Å². The molecule has 0 unspecified atom stereocenters. The van der Waals surface area contributed by atoms with Crippen molar-refractivity contribution in [3.63, 3.8) is 0 Å². The van der Waals surface area contributed by atoms with Crippen LogP contribution in [0.4, 0.5) is 27.4 Å². The number of H-pyrrole nitrogens is 1. The minimum absolute atomic E-state index is 0.0311. The number of nitrogens with zero attached hydrogens (tertiary/aromatic N) is 6. The molecule has 206 valence electrons. The molecule has 1 amide bonds. The Kier molecular flexibility index (Phi) is 7.05. The molecule has 0 radical (unpaired) electrons. The van der Waals surface area contributed by atoms with E-state index in [9.17, 15) is 4.79 Å². The van der Waals surface area contributed by atoms with E-state index in [1.165, 1.54) is 6.07 Å². The summed E-state index contributed by atoms with van der Waals surface area (Å²) in [5, 5.41) is 13.3. The summed E-state index contributed by atoms with van der Waals surface area (Å²) in [7, 11) is 2.17. The van der Waals surface area contributed by atoms with E-state index in [0.717, 1.165) is 65.0 Å². The van der Waals surface area contributed by atoms with Gasteiger partial charge in [-0.3, -0.25) is 14.8 Å². The summed E-state index contributed by atoms with van der Waals surface area (Å²) < 4.78 is 15.4. The highest BCUT2D eigenvalue weighted by Crippen LogP contribution is 2.33. The van der Waals surface area contributed by atoms with Crippen LogP contribution in [0.2, 0.25) is 0 Å². The molecule has 0 bridgehead atoms. The van der Waals surface area contributed by atoms with Gasteiger partial charge in [-0.05, 0) is 57.0 Å². The fourth-order valence-electron chi connectivity index (χ4n) is 5.43.